The van der Waals surface area contributed by atoms with Gasteiger partial charge in [-0.3, -0.25) is 4.79 Å². The van der Waals surface area contributed by atoms with Crippen LogP contribution in [0.3, 0.4) is 0 Å². The van der Waals surface area contributed by atoms with Crippen molar-refractivity contribution in [3.05, 3.63) is 100 Å². The molecule has 0 saturated carbocycles. The molecule has 0 amide bonds. The van der Waals surface area contributed by atoms with Gasteiger partial charge in [0.25, 0.3) is 0 Å². The van der Waals surface area contributed by atoms with E-state index in [9.17, 15) is 4.79 Å². The summed E-state index contributed by atoms with van der Waals surface area (Å²) in [6, 6.07) is 24.4. The molecule has 0 bridgehead atoms. The smallest absolute Gasteiger partial charge is 0.163 e. The predicted molar refractivity (Wildman–Crippen MR) is 142 cm³/mol. The number of carbonyl (C=O) groups is 1. The Bertz CT molecular complexity index is 1230. The summed E-state index contributed by atoms with van der Waals surface area (Å²) in [6.45, 7) is 6.26. The third-order valence-electron chi connectivity index (χ3n) is 7.01. The predicted octanol–water partition coefficient (Wildman–Crippen LogP) is 7.17. The minimum absolute atomic E-state index is 0.0587. The van der Waals surface area contributed by atoms with Crippen LogP contribution >= 0.6 is 11.6 Å². The van der Waals surface area contributed by atoms with Crippen molar-refractivity contribution in [2.24, 2.45) is 0 Å². The highest BCUT2D eigenvalue weighted by Crippen LogP contribution is 2.45. The normalized spacial score (nSPS) is 19.4. The number of para-hydroxylation sites is 2. The molecular weight excluding hydrogens is 442 g/mol. The summed E-state index contributed by atoms with van der Waals surface area (Å²) in [5, 5.41) is 7.99. The lowest BCUT2D eigenvalue weighted by atomic mass is 9.78. The molecule has 1 aliphatic heterocycles. The van der Waals surface area contributed by atoms with Crippen LogP contribution in [-0.4, -0.2) is 18.9 Å². The molecular formula is C29H30ClN3O. The minimum atomic E-state index is -0.211. The van der Waals surface area contributed by atoms with Crippen LogP contribution in [-0.2, 0) is 4.79 Å². The number of Topliss-reactive ketones (excluding diaryl/α,β-unsaturated/α-hetero) is 1. The van der Waals surface area contributed by atoms with Crippen molar-refractivity contribution >= 4 is 34.4 Å². The van der Waals surface area contributed by atoms with Crippen molar-refractivity contribution in [2.45, 2.75) is 38.6 Å². The average molecular weight is 472 g/mol. The fourth-order valence-electron chi connectivity index (χ4n) is 5.23. The highest BCUT2D eigenvalue weighted by atomic mass is 35.5. The Hall–Kier alpha value is -3.24. The largest absolute Gasteiger partial charge is 0.372 e. The lowest BCUT2D eigenvalue weighted by molar-refractivity contribution is -0.116. The van der Waals surface area contributed by atoms with E-state index in [-0.39, 0.29) is 17.7 Å². The highest BCUT2D eigenvalue weighted by molar-refractivity contribution is 6.31. The van der Waals surface area contributed by atoms with Gasteiger partial charge in [0.1, 0.15) is 0 Å². The number of benzene rings is 3. The van der Waals surface area contributed by atoms with E-state index < -0.39 is 0 Å². The van der Waals surface area contributed by atoms with Crippen LogP contribution < -0.4 is 15.5 Å². The maximum Gasteiger partial charge on any atom is 0.163 e. The molecule has 1 heterocycles. The molecule has 0 aromatic heterocycles. The van der Waals surface area contributed by atoms with E-state index in [4.69, 9.17) is 11.6 Å². The molecule has 2 atom stereocenters. The summed E-state index contributed by atoms with van der Waals surface area (Å²) >= 11 is 6.52. The van der Waals surface area contributed by atoms with Gasteiger partial charge in [0, 0.05) is 41.5 Å². The zero-order valence-electron chi connectivity index (χ0n) is 19.6. The summed E-state index contributed by atoms with van der Waals surface area (Å²) in [7, 11) is 0. The molecule has 34 heavy (non-hydrogen) atoms. The second-order valence-electron chi connectivity index (χ2n) is 8.95. The Labute approximate surface area is 206 Å². The summed E-state index contributed by atoms with van der Waals surface area (Å²) in [5.41, 5.74) is 7.13. The zero-order chi connectivity index (χ0) is 23.7. The molecule has 3 aromatic carbocycles. The molecule has 2 unspecified atom stereocenters. The SMILES string of the molecule is CCN(CC)c1ccc(C2Nc3ccccc3NC3=C2C(=O)CC(c2ccccc2Cl)C3)cc1. The Morgan fingerprint density at radius 3 is 2.26 bits per heavy atom. The first-order chi connectivity index (χ1) is 16.6. The van der Waals surface area contributed by atoms with E-state index in [1.807, 2.05) is 36.4 Å². The van der Waals surface area contributed by atoms with Crippen molar-refractivity contribution in [1.29, 1.82) is 0 Å². The van der Waals surface area contributed by atoms with Crippen LogP contribution in [0, 0.1) is 0 Å². The van der Waals surface area contributed by atoms with Gasteiger partial charge in [-0.15, -0.1) is 0 Å². The Kier molecular flexibility index (Phi) is 6.34. The number of halogens is 1. The summed E-state index contributed by atoms with van der Waals surface area (Å²) < 4.78 is 0. The number of anilines is 3. The number of rotatable bonds is 5. The number of fused-ring (bicyclic) bond motifs is 1. The molecule has 2 aliphatic rings. The van der Waals surface area contributed by atoms with Gasteiger partial charge in [-0.05, 0) is 67.6 Å². The van der Waals surface area contributed by atoms with Gasteiger partial charge in [-0.2, -0.15) is 0 Å². The summed E-state index contributed by atoms with van der Waals surface area (Å²) in [5.74, 6) is 0.222. The Balaban J connectivity index is 1.57. The number of nitrogens with zero attached hydrogens (tertiary/aromatic N) is 1. The molecule has 0 radical (unpaired) electrons. The van der Waals surface area contributed by atoms with Gasteiger partial charge in [-0.1, -0.05) is 54.1 Å². The minimum Gasteiger partial charge on any atom is -0.372 e. The fourth-order valence-corrected chi connectivity index (χ4v) is 5.52. The maximum atomic E-state index is 13.7. The number of carbonyl (C=O) groups excluding carboxylic acids is 1. The number of nitrogens with one attached hydrogen (secondary N) is 2. The number of ketones is 1. The first kappa shape index (κ1) is 22.5. The number of hydrogen-bond acceptors (Lipinski definition) is 4. The molecule has 4 nitrogen and oxygen atoms in total. The quantitative estimate of drug-likeness (QED) is 0.414. The summed E-state index contributed by atoms with van der Waals surface area (Å²) in [4.78, 5) is 16.0. The standard InChI is InChI=1S/C29H30ClN3O/c1-3-33(4-2)21-15-13-19(14-16-21)29-28-26(31-24-11-7-8-12-25(24)32-29)17-20(18-27(28)34)22-9-5-6-10-23(22)30/h5-16,20,29,31-32H,3-4,17-18H2,1-2H3. The van der Waals surface area contributed by atoms with E-state index in [1.54, 1.807) is 0 Å². The van der Waals surface area contributed by atoms with Crippen molar-refractivity contribution < 1.29 is 4.79 Å². The first-order valence-electron chi connectivity index (χ1n) is 12.1. The molecule has 0 fully saturated rings. The van der Waals surface area contributed by atoms with E-state index in [1.165, 1.54) is 5.69 Å². The van der Waals surface area contributed by atoms with E-state index in [0.29, 0.717) is 6.42 Å². The monoisotopic (exact) mass is 471 g/mol. The highest BCUT2D eigenvalue weighted by Gasteiger charge is 2.36. The second kappa shape index (κ2) is 9.55. The van der Waals surface area contributed by atoms with Gasteiger partial charge < -0.3 is 15.5 Å². The van der Waals surface area contributed by atoms with Crippen molar-refractivity contribution in [3.63, 3.8) is 0 Å². The second-order valence-corrected chi connectivity index (χ2v) is 9.36. The van der Waals surface area contributed by atoms with Crippen LogP contribution in [0.5, 0.6) is 0 Å². The first-order valence-corrected chi connectivity index (χ1v) is 12.4. The molecule has 0 spiro atoms. The number of hydrogen-bond donors (Lipinski definition) is 2. The lowest BCUT2D eigenvalue weighted by Crippen LogP contribution is -2.27. The third kappa shape index (κ3) is 4.19. The fraction of sp³-hybridized carbons (Fsp3) is 0.276. The van der Waals surface area contributed by atoms with Gasteiger partial charge in [-0.25, -0.2) is 0 Å². The van der Waals surface area contributed by atoms with Crippen LogP contribution in [0.4, 0.5) is 17.1 Å². The van der Waals surface area contributed by atoms with E-state index in [2.05, 4.69) is 65.8 Å². The molecule has 0 saturated heterocycles. The molecule has 1 aliphatic carbocycles. The van der Waals surface area contributed by atoms with E-state index in [0.717, 1.165) is 58.3 Å². The number of allylic oxidation sites excluding steroid dienone is 1. The lowest BCUT2D eigenvalue weighted by Gasteiger charge is -2.30. The maximum absolute atomic E-state index is 13.7. The Morgan fingerprint density at radius 2 is 1.56 bits per heavy atom. The molecule has 2 N–H and O–H groups in total. The Morgan fingerprint density at radius 1 is 0.882 bits per heavy atom. The summed E-state index contributed by atoms with van der Waals surface area (Å²) in [6.07, 6.45) is 1.20. The third-order valence-corrected chi connectivity index (χ3v) is 7.35. The van der Waals surface area contributed by atoms with Gasteiger partial charge in [0.05, 0.1) is 17.4 Å². The molecule has 5 rings (SSSR count). The molecule has 3 aromatic rings. The zero-order valence-corrected chi connectivity index (χ0v) is 20.4. The van der Waals surface area contributed by atoms with Crippen LogP contribution in [0.25, 0.3) is 0 Å². The average Bonchev–Trinajstić information content (AvgIpc) is 3.02. The van der Waals surface area contributed by atoms with Gasteiger partial charge >= 0.3 is 0 Å². The van der Waals surface area contributed by atoms with E-state index >= 15 is 0 Å². The molecule has 5 heteroatoms. The van der Waals surface area contributed by atoms with Crippen molar-refractivity contribution in [2.75, 3.05) is 28.6 Å². The van der Waals surface area contributed by atoms with Crippen LogP contribution in [0.2, 0.25) is 5.02 Å². The van der Waals surface area contributed by atoms with Gasteiger partial charge in [0.2, 0.25) is 0 Å². The van der Waals surface area contributed by atoms with Crippen LogP contribution in [0.15, 0.2) is 84.1 Å². The van der Waals surface area contributed by atoms with Crippen LogP contribution in [0.1, 0.15) is 49.8 Å². The van der Waals surface area contributed by atoms with Crippen molar-refractivity contribution in [3.8, 4) is 0 Å². The van der Waals surface area contributed by atoms with Gasteiger partial charge in [0.15, 0.2) is 5.78 Å². The molecule has 174 valence electrons. The topological polar surface area (TPSA) is 44.4 Å². The van der Waals surface area contributed by atoms with Crippen molar-refractivity contribution in [1.82, 2.24) is 0 Å².